The van der Waals surface area contributed by atoms with Crippen molar-refractivity contribution in [2.75, 3.05) is 46.8 Å². The van der Waals surface area contributed by atoms with E-state index < -0.39 is 0 Å². The number of nitrogens with zero attached hydrogens (tertiary/aromatic N) is 3. The highest BCUT2D eigenvalue weighted by Gasteiger charge is 2.24. The zero-order valence-corrected chi connectivity index (χ0v) is 16.6. The van der Waals surface area contributed by atoms with Crippen molar-refractivity contribution < 1.29 is 4.79 Å². The van der Waals surface area contributed by atoms with Crippen LogP contribution in [0, 0.1) is 11.8 Å². The van der Waals surface area contributed by atoms with Crippen molar-refractivity contribution in [1.82, 2.24) is 20.4 Å². The number of hydrogen-bond donors (Lipinski definition) is 2. The van der Waals surface area contributed by atoms with Crippen LogP contribution in [0.1, 0.15) is 46.0 Å². The average molecular weight is 352 g/mol. The summed E-state index contributed by atoms with van der Waals surface area (Å²) in [6.45, 7) is 10.0. The first-order valence-corrected chi connectivity index (χ1v) is 9.93. The standard InChI is InChI=1S/C19H37N5O/c1-15-6-5-9-24(14-15)16(2)13-22-19(21-4)23-10-7-17(8-11-23)12-18(25)20-3/h15-17H,5-14H2,1-4H3,(H,20,25)(H,21,22). The number of hydrogen-bond acceptors (Lipinski definition) is 3. The minimum atomic E-state index is 0.158. The van der Waals surface area contributed by atoms with E-state index in [1.165, 1.54) is 25.9 Å². The molecular weight excluding hydrogens is 314 g/mol. The van der Waals surface area contributed by atoms with Gasteiger partial charge in [0.25, 0.3) is 0 Å². The Morgan fingerprint density at radius 1 is 1.24 bits per heavy atom. The fourth-order valence-corrected chi connectivity index (χ4v) is 4.04. The van der Waals surface area contributed by atoms with E-state index in [2.05, 4.69) is 39.3 Å². The van der Waals surface area contributed by atoms with Crippen LogP contribution >= 0.6 is 0 Å². The molecule has 0 aromatic rings. The third kappa shape index (κ3) is 6.17. The summed E-state index contributed by atoms with van der Waals surface area (Å²) in [6, 6.07) is 0.533. The number of guanidine groups is 1. The molecule has 0 aliphatic carbocycles. The van der Waals surface area contributed by atoms with Gasteiger partial charge in [-0.3, -0.25) is 14.7 Å². The third-order valence-corrected chi connectivity index (χ3v) is 5.75. The highest BCUT2D eigenvalue weighted by atomic mass is 16.1. The summed E-state index contributed by atoms with van der Waals surface area (Å²) in [5.74, 6) is 2.48. The second-order valence-electron chi connectivity index (χ2n) is 7.83. The fraction of sp³-hybridized carbons (Fsp3) is 0.895. The minimum Gasteiger partial charge on any atom is -0.359 e. The summed E-state index contributed by atoms with van der Waals surface area (Å²) in [7, 11) is 3.58. The number of piperidine rings is 2. The van der Waals surface area contributed by atoms with Crippen molar-refractivity contribution in [1.29, 1.82) is 0 Å². The molecule has 6 heteroatoms. The van der Waals surface area contributed by atoms with Gasteiger partial charge in [0.15, 0.2) is 5.96 Å². The van der Waals surface area contributed by atoms with Gasteiger partial charge in [-0.05, 0) is 51.0 Å². The van der Waals surface area contributed by atoms with Crippen LogP contribution in [0.3, 0.4) is 0 Å². The number of likely N-dealkylation sites (tertiary alicyclic amines) is 2. The number of aliphatic imine (C=N–C) groups is 1. The van der Waals surface area contributed by atoms with Crippen LogP contribution < -0.4 is 10.6 Å². The lowest BCUT2D eigenvalue weighted by Crippen LogP contribution is -2.51. The molecule has 2 aliphatic heterocycles. The predicted molar refractivity (Wildman–Crippen MR) is 104 cm³/mol. The molecule has 25 heavy (non-hydrogen) atoms. The molecule has 2 atom stereocenters. The van der Waals surface area contributed by atoms with E-state index in [-0.39, 0.29) is 5.91 Å². The van der Waals surface area contributed by atoms with Crippen LogP contribution in [-0.2, 0) is 4.79 Å². The van der Waals surface area contributed by atoms with Gasteiger partial charge in [0, 0.05) is 52.7 Å². The van der Waals surface area contributed by atoms with E-state index >= 15 is 0 Å². The zero-order chi connectivity index (χ0) is 18.2. The largest absolute Gasteiger partial charge is 0.359 e. The lowest BCUT2D eigenvalue weighted by molar-refractivity contribution is -0.121. The predicted octanol–water partition coefficient (Wildman–Crippen LogP) is 1.53. The Hall–Kier alpha value is -1.30. The van der Waals surface area contributed by atoms with E-state index in [0.29, 0.717) is 18.4 Å². The number of rotatable bonds is 5. The molecule has 0 aromatic carbocycles. The number of nitrogens with one attached hydrogen (secondary N) is 2. The van der Waals surface area contributed by atoms with Crippen molar-refractivity contribution in [2.24, 2.45) is 16.8 Å². The molecule has 0 spiro atoms. The maximum Gasteiger partial charge on any atom is 0.220 e. The Bertz CT molecular complexity index is 445. The van der Waals surface area contributed by atoms with Gasteiger partial charge in [0.05, 0.1) is 0 Å². The summed E-state index contributed by atoms with van der Waals surface area (Å²) in [5, 5.41) is 6.30. The van der Waals surface area contributed by atoms with Crippen molar-refractivity contribution in [3.05, 3.63) is 0 Å². The summed E-state index contributed by atoms with van der Waals surface area (Å²) in [4.78, 5) is 21.0. The maximum atomic E-state index is 11.5. The second-order valence-corrected chi connectivity index (χ2v) is 7.83. The first-order chi connectivity index (χ1) is 12.0. The first kappa shape index (κ1) is 20.0. The third-order valence-electron chi connectivity index (χ3n) is 5.75. The van der Waals surface area contributed by atoms with Crippen LogP contribution in [0.2, 0.25) is 0 Å². The summed E-state index contributed by atoms with van der Waals surface area (Å²) < 4.78 is 0. The molecule has 6 nitrogen and oxygen atoms in total. The van der Waals surface area contributed by atoms with Gasteiger partial charge in [0.1, 0.15) is 0 Å². The topological polar surface area (TPSA) is 60.0 Å². The molecule has 2 fully saturated rings. The maximum absolute atomic E-state index is 11.5. The average Bonchev–Trinajstić information content (AvgIpc) is 2.63. The highest BCUT2D eigenvalue weighted by Crippen LogP contribution is 2.21. The lowest BCUT2D eigenvalue weighted by Gasteiger charge is -2.37. The quantitative estimate of drug-likeness (QED) is 0.583. The monoisotopic (exact) mass is 351 g/mol. The molecule has 1 amide bonds. The molecule has 2 unspecified atom stereocenters. The van der Waals surface area contributed by atoms with Gasteiger partial charge in [-0.15, -0.1) is 0 Å². The number of carbonyl (C=O) groups excluding carboxylic acids is 1. The van der Waals surface area contributed by atoms with Gasteiger partial charge in [0.2, 0.25) is 5.91 Å². The van der Waals surface area contributed by atoms with Gasteiger partial charge in [-0.2, -0.15) is 0 Å². The second kappa shape index (κ2) is 10.00. The molecular formula is C19H37N5O. The minimum absolute atomic E-state index is 0.158. The molecule has 2 rings (SSSR count). The SMILES string of the molecule is CN=C(NCC(C)N1CCCC(C)C1)N1CCC(CC(=O)NC)CC1. The van der Waals surface area contributed by atoms with E-state index in [9.17, 15) is 4.79 Å². The number of carbonyl (C=O) groups is 1. The summed E-state index contributed by atoms with van der Waals surface area (Å²) in [5.41, 5.74) is 0. The molecule has 0 saturated carbocycles. The summed E-state index contributed by atoms with van der Waals surface area (Å²) >= 11 is 0. The Morgan fingerprint density at radius 3 is 2.56 bits per heavy atom. The molecule has 144 valence electrons. The Labute approximate surface area is 153 Å². The van der Waals surface area contributed by atoms with Crippen LogP contribution in [0.4, 0.5) is 0 Å². The molecule has 2 N–H and O–H groups in total. The van der Waals surface area contributed by atoms with Gasteiger partial charge >= 0.3 is 0 Å². The van der Waals surface area contributed by atoms with E-state index in [1.807, 2.05) is 7.05 Å². The Balaban J connectivity index is 1.74. The lowest BCUT2D eigenvalue weighted by atomic mass is 9.93. The molecule has 0 radical (unpaired) electrons. The molecule has 2 heterocycles. The van der Waals surface area contributed by atoms with E-state index in [1.54, 1.807) is 7.05 Å². The van der Waals surface area contributed by atoms with Gasteiger partial charge in [-0.25, -0.2) is 0 Å². The van der Waals surface area contributed by atoms with Crippen molar-refractivity contribution in [3.8, 4) is 0 Å². The van der Waals surface area contributed by atoms with Crippen molar-refractivity contribution in [3.63, 3.8) is 0 Å². The highest BCUT2D eigenvalue weighted by molar-refractivity contribution is 5.80. The van der Waals surface area contributed by atoms with Crippen LogP contribution in [0.15, 0.2) is 4.99 Å². The van der Waals surface area contributed by atoms with E-state index in [0.717, 1.165) is 44.4 Å². The van der Waals surface area contributed by atoms with Crippen LogP contribution in [0.5, 0.6) is 0 Å². The van der Waals surface area contributed by atoms with Crippen molar-refractivity contribution in [2.45, 2.75) is 52.0 Å². The normalized spacial score (nSPS) is 24.9. The fourth-order valence-electron chi connectivity index (χ4n) is 4.04. The Kier molecular flexibility index (Phi) is 8.00. The first-order valence-electron chi connectivity index (χ1n) is 9.93. The van der Waals surface area contributed by atoms with E-state index in [4.69, 9.17) is 0 Å². The molecule has 2 aliphatic rings. The van der Waals surface area contributed by atoms with Gasteiger partial charge < -0.3 is 15.5 Å². The summed E-state index contributed by atoms with van der Waals surface area (Å²) in [6.07, 6.45) is 5.46. The van der Waals surface area contributed by atoms with Crippen LogP contribution in [-0.4, -0.2) is 74.5 Å². The van der Waals surface area contributed by atoms with Crippen LogP contribution in [0.25, 0.3) is 0 Å². The molecule has 0 aromatic heterocycles. The van der Waals surface area contributed by atoms with Crippen molar-refractivity contribution >= 4 is 11.9 Å². The molecule has 0 bridgehead atoms. The smallest absolute Gasteiger partial charge is 0.220 e. The van der Waals surface area contributed by atoms with Gasteiger partial charge in [-0.1, -0.05) is 6.92 Å². The Morgan fingerprint density at radius 2 is 1.96 bits per heavy atom. The molecule has 2 saturated heterocycles. The number of amides is 1. The zero-order valence-electron chi connectivity index (χ0n) is 16.6.